The summed E-state index contributed by atoms with van der Waals surface area (Å²) in [6.45, 7) is 5.55. The Bertz CT molecular complexity index is 2310. The van der Waals surface area contributed by atoms with E-state index >= 15 is 4.39 Å². The number of pyridine rings is 3. The number of carbonyl (C=O) groups excluding carboxylic acids is 2. The minimum Gasteiger partial charge on any atom is -0.457 e. The zero-order valence-corrected chi connectivity index (χ0v) is 29.2. The van der Waals surface area contributed by atoms with E-state index in [1.165, 1.54) is 17.5 Å². The van der Waals surface area contributed by atoms with Gasteiger partial charge in [0.05, 0.1) is 16.8 Å². The number of amides is 1. The lowest BCUT2D eigenvalue weighted by molar-refractivity contribution is 0.0470. The van der Waals surface area contributed by atoms with Gasteiger partial charge in [-0.1, -0.05) is 54.6 Å². The van der Waals surface area contributed by atoms with Crippen molar-refractivity contribution in [1.29, 1.82) is 0 Å². The molecule has 0 aliphatic carbocycles. The summed E-state index contributed by atoms with van der Waals surface area (Å²) in [7, 11) is 3.34. The zero-order valence-electron chi connectivity index (χ0n) is 28.4. The van der Waals surface area contributed by atoms with Gasteiger partial charge in [-0.3, -0.25) is 14.1 Å². The largest absolute Gasteiger partial charge is 0.457 e. The first-order chi connectivity index (χ1) is 25.0. The van der Waals surface area contributed by atoms with Crippen molar-refractivity contribution in [2.45, 2.75) is 19.1 Å². The number of likely N-dealkylation sites (N-methyl/N-ethyl adjacent to an activating group) is 1. The van der Waals surface area contributed by atoms with Crippen LogP contribution in [0.2, 0.25) is 0 Å². The lowest BCUT2D eigenvalue weighted by atomic mass is 10.0. The van der Waals surface area contributed by atoms with E-state index in [1.807, 2.05) is 43.4 Å². The molecule has 2 atom stereocenters. The third-order valence-corrected chi connectivity index (χ3v) is 9.82. The van der Waals surface area contributed by atoms with E-state index in [0.29, 0.717) is 34.8 Å². The number of hydrogen-bond donors (Lipinski definition) is 1. The molecule has 0 bridgehead atoms. The maximum Gasteiger partial charge on any atom is 0.415 e. The molecule has 7 rings (SSSR count). The number of aromatic nitrogens is 3. The van der Waals surface area contributed by atoms with Gasteiger partial charge in [0.15, 0.2) is 11.9 Å². The van der Waals surface area contributed by atoms with E-state index in [-0.39, 0.29) is 40.6 Å². The van der Waals surface area contributed by atoms with Gasteiger partial charge in [0.1, 0.15) is 29.3 Å². The molecule has 0 radical (unpaired) electrons. The lowest BCUT2D eigenvalue weighted by Gasteiger charge is -2.29. The predicted molar refractivity (Wildman–Crippen MR) is 194 cm³/mol. The molecule has 268 valence electrons. The highest BCUT2D eigenvalue weighted by molar-refractivity contribution is 6.17. The van der Waals surface area contributed by atoms with Crippen LogP contribution in [0.4, 0.5) is 19.3 Å². The summed E-state index contributed by atoms with van der Waals surface area (Å²) >= 11 is 5.60. The number of halogens is 3. The molecule has 0 saturated carbocycles. The molecule has 4 aromatic heterocycles. The van der Waals surface area contributed by atoms with Crippen molar-refractivity contribution >= 4 is 51.6 Å². The molecule has 5 aromatic rings. The maximum absolute atomic E-state index is 17.0. The molecule has 2 aliphatic rings. The highest BCUT2D eigenvalue weighted by Gasteiger charge is 2.42. The smallest absolute Gasteiger partial charge is 0.415 e. The number of likely N-dealkylation sites (tertiary alicyclic amines) is 1. The van der Waals surface area contributed by atoms with E-state index in [0.717, 1.165) is 36.0 Å². The highest BCUT2D eigenvalue weighted by atomic mass is 35.5. The Morgan fingerprint density at radius 2 is 1.90 bits per heavy atom. The molecule has 2 saturated heterocycles. The fraction of sp³-hybridized carbons (Fsp3) is 0.263. The van der Waals surface area contributed by atoms with Crippen LogP contribution in [0.5, 0.6) is 0 Å². The molecule has 14 heteroatoms. The van der Waals surface area contributed by atoms with E-state index in [9.17, 15) is 18.8 Å². The van der Waals surface area contributed by atoms with Crippen molar-refractivity contribution in [2.75, 3.05) is 44.7 Å². The summed E-state index contributed by atoms with van der Waals surface area (Å²) < 4.78 is 43.0. The Kier molecular flexibility index (Phi) is 9.56. The average Bonchev–Trinajstić information content (AvgIpc) is 3.81. The van der Waals surface area contributed by atoms with Crippen LogP contribution in [0.3, 0.4) is 0 Å². The number of fused-ring (bicyclic) bond motifs is 3. The summed E-state index contributed by atoms with van der Waals surface area (Å²) in [5.74, 6) is -2.11. The number of anilines is 1. The van der Waals surface area contributed by atoms with Crippen molar-refractivity contribution in [3.63, 3.8) is 0 Å². The van der Waals surface area contributed by atoms with Crippen LogP contribution in [0, 0.1) is 11.7 Å². The molecule has 0 unspecified atom stereocenters. The molecule has 1 aromatic carbocycles. The number of hydrogen-bond acceptors (Lipinski definition) is 8. The van der Waals surface area contributed by atoms with Gasteiger partial charge >= 0.3 is 12.1 Å². The molecule has 1 amide bonds. The van der Waals surface area contributed by atoms with Crippen LogP contribution in [0.15, 0.2) is 90.3 Å². The van der Waals surface area contributed by atoms with Crippen LogP contribution in [-0.4, -0.2) is 82.1 Å². The van der Waals surface area contributed by atoms with Crippen molar-refractivity contribution in [2.24, 2.45) is 5.92 Å². The van der Waals surface area contributed by atoms with Gasteiger partial charge in [0.2, 0.25) is 0 Å². The number of benzene rings is 1. The monoisotopic (exact) mass is 728 g/mol. The zero-order chi connectivity index (χ0) is 36.7. The number of nitrogens with zero attached hydrogens (tertiary/aromatic N) is 5. The van der Waals surface area contributed by atoms with Gasteiger partial charge in [-0.2, -0.15) is 0 Å². The second-order valence-corrected chi connectivity index (χ2v) is 13.2. The average molecular weight is 729 g/mol. The molecule has 2 fully saturated rings. The van der Waals surface area contributed by atoms with Crippen molar-refractivity contribution in [3.05, 3.63) is 118 Å². The number of rotatable bonds is 9. The van der Waals surface area contributed by atoms with Gasteiger partial charge < -0.3 is 24.3 Å². The van der Waals surface area contributed by atoms with Crippen molar-refractivity contribution in [3.8, 4) is 11.1 Å². The fourth-order valence-electron chi connectivity index (χ4n) is 7.27. The molecule has 0 spiro atoms. The van der Waals surface area contributed by atoms with Gasteiger partial charge in [-0.15, -0.1) is 0 Å². The molecule has 52 heavy (non-hydrogen) atoms. The second kappa shape index (κ2) is 14.2. The van der Waals surface area contributed by atoms with E-state index < -0.39 is 35.3 Å². The highest BCUT2D eigenvalue weighted by Crippen LogP contribution is 2.45. The van der Waals surface area contributed by atoms with Gasteiger partial charge in [0.25, 0.3) is 5.56 Å². The number of nitrogens with one attached hydrogen (secondary N) is 1. The molecule has 11 nitrogen and oxygen atoms in total. The second-order valence-electron chi connectivity index (χ2n) is 13.0. The Labute approximate surface area is 302 Å². The Hall–Kier alpha value is -5.53. The van der Waals surface area contributed by atoms with Gasteiger partial charge in [-0.05, 0) is 49.2 Å². The normalized spacial score (nSPS) is 17.5. The number of ether oxygens (including phenoxy) is 2. The third kappa shape index (κ3) is 6.41. The number of H-pyrrole nitrogens is 1. The third-order valence-electron chi connectivity index (χ3n) is 9.71. The van der Waals surface area contributed by atoms with E-state index in [4.69, 9.17) is 21.1 Å². The topological polar surface area (TPSA) is 112 Å². The van der Waals surface area contributed by atoms with E-state index in [2.05, 4.69) is 26.3 Å². The Balaban J connectivity index is 1.37. The minimum absolute atomic E-state index is 0.00826. The maximum atomic E-state index is 17.0. The van der Waals surface area contributed by atoms with Gasteiger partial charge in [-0.25, -0.2) is 23.4 Å². The quantitative estimate of drug-likeness (QED) is 0.103. The van der Waals surface area contributed by atoms with Crippen molar-refractivity contribution in [1.82, 2.24) is 24.2 Å². The summed E-state index contributed by atoms with van der Waals surface area (Å²) in [5.41, 5.74) is 1.99. The predicted octanol–water partition coefficient (Wildman–Crippen LogP) is 6.57. The standard InChI is InChI=1S/C38H35ClF2N6O5/c1-22(40)15-29(45(3)38(50)52-21-39)33-32(41)31-34(46-14-13-25-17-44(2)19-30(25)46)28(16-42-35(31)43-33)24-9-10-26-11-12-27(36(48)47(26)18-24)37(49)51-20-23-7-5-4-6-8-23/h4-12,15-16,18,25,30H,1,13-14,17,19-21H2,2-3H3,(H,42,43)/b29-15+/t25-,30+/m0/s1. The van der Waals surface area contributed by atoms with Gasteiger partial charge in [0, 0.05) is 61.8 Å². The first-order valence-corrected chi connectivity index (χ1v) is 17.1. The molecular weight excluding hydrogens is 694 g/mol. The van der Waals surface area contributed by atoms with Crippen LogP contribution < -0.4 is 10.5 Å². The number of esters is 1. The van der Waals surface area contributed by atoms with Crippen LogP contribution >= 0.6 is 11.6 Å². The van der Waals surface area contributed by atoms with Crippen LogP contribution in [0.1, 0.15) is 28.0 Å². The number of allylic oxidation sites excluding steroid dienone is 2. The first kappa shape index (κ1) is 34.9. The van der Waals surface area contributed by atoms with E-state index in [1.54, 1.807) is 24.5 Å². The first-order valence-electron chi connectivity index (χ1n) is 16.6. The molecule has 6 heterocycles. The summed E-state index contributed by atoms with van der Waals surface area (Å²) in [5, 5.41) is 0.128. The summed E-state index contributed by atoms with van der Waals surface area (Å²) in [4.78, 5) is 52.3. The Morgan fingerprint density at radius 3 is 2.65 bits per heavy atom. The number of alkyl halides is 1. The number of carbonyl (C=O) groups is 2. The lowest BCUT2D eigenvalue weighted by Crippen LogP contribution is -2.35. The molecule has 2 aliphatic heterocycles. The summed E-state index contributed by atoms with van der Waals surface area (Å²) in [6, 6.07) is 15.4. The fourth-order valence-corrected chi connectivity index (χ4v) is 7.37. The minimum atomic E-state index is -0.935. The summed E-state index contributed by atoms with van der Waals surface area (Å²) in [6.07, 6.45) is 4.06. The molecule has 1 N–H and O–H groups in total. The van der Waals surface area contributed by atoms with Crippen LogP contribution in [-0.2, 0) is 16.1 Å². The van der Waals surface area contributed by atoms with Crippen molar-refractivity contribution < 1.29 is 27.8 Å². The van der Waals surface area contributed by atoms with Crippen LogP contribution in [0.25, 0.3) is 33.4 Å². The molecular formula is C38H35ClF2N6O5. The SMILES string of the molecule is C=C(F)/C=C(\c1[nH]c2ncc(-c3ccc4ccc(C(=O)OCc5ccccc5)c(=O)n4c3)c(N3CC[C@H]4CN(C)C[C@H]43)c2c1F)N(C)C(=O)OCCl. The number of aromatic amines is 1. The Morgan fingerprint density at radius 1 is 1.13 bits per heavy atom.